The van der Waals surface area contributed by atoms with Crippen LogP contribution in [-0.2, 0) is 0 Å². The van der Waals surface area contributed by atoms with Gasteiger partial charge in [-0.05, 0) is 6.07 Å². The van der Waals surface area contributed by atoms with Gasteiger partial charge >= 0.3 is 0 Å². The third-order valence-electron chi connectivity index (χ3n) is 1.27. The van der Waals surface area contributed by atoms with Crippen LogP contribution in [0.1, 0.15) is 0 Å². The molecule has 1 aromatic rings. The molecule has 0 aliphatic rings. The van der Waals surface area contributed by atoms with Gasteiger partial charge in [-0.2, -0.15) is 0 Å². The van der Waals surface area contributed by atoms with Gasteiger partial charge in [-0.1, -0.05) is 17.1 Å². The van der Waals surface area contributed by atoms with E-state index >= 15 is 0 Å². The largest absolute Gasteiger partial charge is 0.494 e. The minimum Gasteiger partial charge on any atom is -0.494 e. The summed E-state index contributed by atoms with van der Waals surface area (Å²) in [4.78, 5) is 0. The van der Waals surface area contributed by atoms with E-state index in [1.807, 2.05) is 0 Å². The average Bonchev–Trinajstić information content (AvgIpc) is 1.97. The molecule has 0 saturated carbocycles. The summed E-state index contributed by atoms with van der Waals surface area (Å²) in [5.41, 5.74) is 0.213. The lowest BCUT2D eigenvalue weighted by atomic mass is 9.96. The maximum absolute atomic E-state index is 12.8. The van der Waals surface area contributed by atoms with Crippen LogP contribution in [0.3, 0.4) is 0 Å². The second-order valence-electron chi connectivity index (χ2n) is 2.01. The van der Waals surface area contributed by atoms with Crippen molar-refractivity contribution in [1.29, 1.82) is 0 Å². The number of hydrogen-bond acceptors (Lipinski definition) is 1. The van der Waals surface area contributed by atoms with E-state index in [0.717, 1.165) is 6.07 Å². The van der Waals surface area contributed by atoms with Gasteiger partial charge in [0, 0.05) is 11.1 Å². The van der Waals surface area contributed by atoms with Crippen LogP contribution < -0.4 is 10.2 Å². The highest BCUT2D eigenvalue weighted by atomic mass is 35.5. The lowest BCUT2D eigenvalue weighted by molar-refractivity contribution is 0.387. The van der Waals surface area contributed by atoms with Crippen LogP contribution in [0.15, 0.2) is 12.1 Å². The van der Waals surface area contributed by atoms with E-state index in [-0.39, 0.29) is 11.2 Å². The van der Waals surface area contributed by atoms with Crippen molar-refractivity contribution in [2.45, 2.75) is 0 Å². The van der Waals surface area contributed by atoms with Crippen LogP contribution in [0, 0.1) is 5.82 Å². The molecule has 0 unspecified atom stereocenters. The second kappa shape index (κ2) is 3.14. The van der Waals surface area contributed by atoms with E-state index in [1.165, 1.54) is 13.2 Å². The number of halogens is 2. The summed E-state index contributed by atoms with van der Waals surface area (Å²) in [6, 6.07) is 2.47. The van der Waals surface area contributed by atoms with Gasteiger partial charge in [-0.15, -0.1) is 0 Å². The van der Waals surface area contributed by atoms with Gasteiger partial charge in [0.15, 0.2) is 11.6 Å². The van der Waals surface area contributed by atoms with Crippen molar-refractivity contribution in [2.24, 2.45) is 0 Å². The topological polar surface area (TPSA) is 9.23 Å². The number of ether oxygens (including phenoxy) is 1. The molecule has 11 heavy (non-hydrogen) atoms. The maximum Gasteiger partial charge on any atom is 0.164 e. The van der Waals surface area contributed by atoms with Crippen molar-refractivity contribution < 1.29 is 9.13 Å². The number of hydrogen-bond donors (Lipinski definition) is 0. The van der Waals surface area contributed by atoms with Crippen LogP contribution in [0.25, 0.3) is 0 Å². The van der Waals surface area contributed by atoms with E-state index in [0.29, 0.717) is 5.02 Å². The number of methoxy groups -OCH3 is 1. The third kappa shape index (κ3) is 1.66. The zero-order valence-corrected chi connectivity index (χ0v) is 6.65. The Morgan fingerprint density at radius 1 is 1.55 bits per heavy atom. The van der Waals surface area contributed by atoms with Gasteiger partial charge in [0.1, 0.15) is 7.85 Å². The summed E-state index contributed by atoms with van der Waals surface area (Å²) < 4.78 is 17.4. The first-order chi connectivity index (χ1) is 5.15. The van der Waals surface area contributed by atoms with Crippen LogP contribution in [-0.4, -0.2) is 15.0 Å². The number of benzene rings is 1. The molecule has 0 amide bonds. The van der Waals surface area contributed by atoms with Crippen molar-refractivity contribution in [3.63, 3.8) is 0 Å². The zero-order valence-electron chi connectivity index (χ0n) is 5.90. The SMILES string of the molecule is [B]c1cc(F)c(OC)cc1Cl. The monoisotopic (exact) mass is 170 g/mol. The van der Waals surface area contributed by atoms with E-state index in [1.54, 1.807) is 0 Å². The standard InChI is InChI=1S/C7H5BClFO/c1-11-7-3-5(9)4(8)2-6(7)10/h2-3H,1H3. The normalized spacial score (nSPS) is 9.73. The summed E-state index contributed by atoms with van der Waals surface area (Å²) in [5.74, 6) is -0.404. The molecule has 2 radical (unpaired) electrons. The van der Waals surface area contributed by atoms with Gasteiger partial charge in [-0.25, -0.2) is 4.39 Å². The fourth-order valence-corrected chi connectivity index (χ4v) is 0.854. The molecule has 0 spiro atoms. The highest BCUT2D eigenvalue weighted by Crippen LogP contribution is 2.18. The minimum absolute atomic E-state index is 0.101. The molecule has 0 heterocycles. The Morgan fingerprint density at radius 3 is 2.73 bits per heavy atom. The molecule has 0 aromatic heterocycles. The van der Waals surface area contributed by atoms with Gasteiger partial charge in [0.05, 0.1) is 7.11 Å². The first-order valence-electron chi connectivity index (χ1n) is 2.93. The van der Waals surface area contributed by atoms with Crippen molar-refractivity contribution in [3.8, 4) is 5.75 Å². The van der Waals surface area contributed by atoms with Crippen molar-refractivity contribution in [2.75, 3.05) is 7.11 Å². The quantitative estimate of drug-likeness (QED) is 0.577. The van der Waals surface area contributed by atoms with E-state index < -0.39 is 5.82 Å². The molecule has 0 bridgehead atoms. The summed E-state index contributed by atoms with van der Waals surface area (Å²) in [7, 11) is 6.68. The highest BCUT2D eigenvalue weighted by Gasteiger charge is 2.04. The molecular formula is C7H5BClFO. The predicted octanol–water partition coefficient (Wildman–Crippen LogP) is 1.28. The molecular weight excluding hydrogens is 165 g/mol. The minimum atomic E-state index is -0.505. The summed E-state index contributed by atoms with van der Waals surface area (Å²) in [6.07, 6.45) is 0. The Hall–Kier alpha value is -0.695. The van der Waals surface area contributed by atoms with Gasteiger partial charge in [0.25, 0.3) is 0 Å². The van der Waals surface area contributed by atoms with Crippen molar-refractivity contribution in [3.05, 3.63) is 23.0 Å². The van der Waals surface area contributed by atoms with Gasteiger partial charge in [0.2, 0.25) is 0 Å². The van der Waals surface area contributed by atoms with Crippen molar-refractivity contribution in [1.82, 2.24) is 0 Å². The Bertz CT molecular complexity index is 277. The van der Waals surface area contributed by atoms with E-state index in [4.69, 9.17) is 19.4 Å². The summed E-state index contributed by atoms with van der Waals surface area (Å²) in [5, 5.41) is 0.295. The van der Waals surface area contributed by atoms with E-state index in [2.05, 4.69) is 4.74 Å². The Morgan fingerprint density at radius 2 is 2.18 bits per heavy atom. The fourth-order valence-electron chi connectivity index (χ4n) is 0.700. The molecule has 1 nitrogen and oxygen atoms in total. The fraction of sp³-hybridized carbons (Fsp3) is 0.143. The smallest absolute Gasteiger partial charge is 0.164 e. The maximum atomic E-state index is 12.8. The van der Waals surface area contributed by atoms with Crippen molar-refractivity contribution >= 4 is 24.9 Å². The van der Waals surface area contributed by atoms with E-state index in [9.17, 15) is 4.39 Å². The molecule has 1 rings (SSSR count). The molecule has 0 aliphatic heterocycles. The molecule has 0 atom stereocenters. The lowest BCUT2D eigenvalue weighted by Crippen LogP contribution is -2.05. The average molecular weight is 170 g/mol. The Labute approximate surface area is 70.5 Å². The second-order valence-corrected chi connectivity index (χ2v) is 2.42. The third-order valence-corrected chi connectivity index (χ3v) is 1.60. The van der Waals surface area contributed by atoms with Crippen LogP contribution in [0.2, 0.25) is 5.02 Å². The number of rotatable bonds is 1. The Balaban J connectivity index is 3.21. The molecule has 0 aliphatic carbocycles. The molecule has 0 saturated heterocycles. The first-order valence-corrected chi connectivity index (χ1v) is 3.31. The summed E-state index contributed by atoms with van der Waals surface area (Å²) in [6.45, 7) is 0. The molecule has 4 heteroatoms. The molecule has 1 aromatic carbocycles. The first kappa shape index (κ1) is 8.40. The molecule has 0 fully saturated rings. The zero-order chi connectivity index (χ0) is 8.43. The molecule has 0 N–H and O–H groups in total. The van der Waals surface area contributed by atoms with Crippen LogP contribution in [0.4, 0.5) is 4.39 Å². The van der Waals surface area contributed by atoms with Crippen LogP contribution in [0.5, 0.6) is 5.75 Å². The highest BCUT2D eigenvalue weighted by molar-refractivity contribution is 6.45. The molecule has 56 valence electrons. The van der Waals surface area contributed by atoms with Crippen LogP contribution >= 0.6 is 11.6 Å². The van der Waals surface area contributed by atoms with Gasteiger partial charge in [-0.3, -0.25) is 0 Å². The summed E-state index contributed by atoms with van der Waals surface area (Å²) >= 11 is 5.59. The lowest BCUT2D eigenvalue weighted by Gasteiger charge is -2.03. The van der Waals surface area contributed by atoms with Gasteiger partial charge < -0.3 is 4.74 Å². The predicted molar refractivity (Wildman–Crippen MR) is 43.4 cm³/mol. The Kier molecular flexibility index (Phi) is 2.40.